The summed E-state index contributed by atoms with van der Waals surface area (Å²) in [7, 11) is 2.11. The summed E-state index contributed by atoms with van der Waals surface area (Å²) in [5.41, 5.74) is 4.47. The number of hydrogen-bond donors (Lipinski definition) is 2. The van der Waals surface area contributed by atoms with E-state index in [0.29, 0.717) is 24.3 Å². The molecular weight excluding hydrogens is 352 g/mol. The number of aliphatic hydroxyl groups excluding tert-OH is 1. The van der Waals surface area contributed by atoms with E-state index < -0.39 is 0 Å². The first-order chi connectivity index (χ1) is 13.5. The molecule has 0 saturated heterocycles. The average Bonchev–Trinajstić information content (AvgIpc) is 3.04. The lowest BCUT2D eigenvalue weighted by Crippen LogP contribution is -2.44. The highest BCUT2D eigenvalue weighted by atomic mass is 16.3. The van der Waals surface area contributed by atoms with Crippen LogP contribution < -0.4 is 10.3 Å². The van der Waals surface area contributed by atoms with Gasteiger partial charge in [-0.15, -0.1) is 0 Å². The number of nitrogens with one attached hydrogen (secondary N) is 1. The van der Waals surface area contributed by atoms with Gasteiger partial charge < -0.3 is 15.4 Å². The smallest absolute Gasteiger partial charge is 0.274 e. The van der Waals surface area contributed by atoms with Crippen LogP contribution in [0.4, 0.5) is 11.4 Å². The van der Waals surface area contributed by atoms with Gasteiger partial charge in [-0.05, 0) is 74.4 Å². The summed E-state index contributed by atoms with van der Waals surface area (Å²) in [5, 5.41) is 17.0. The van der Waals surface area contributed by atoms with Crippen molar-refractivity contribution in [1.29, 1.82) is 0 Å². The summed E-state index contributed by atoms with van der Waals surface area (Å²) in [6.07, 6.45) is 4.41. The molecule has 1 fully saturated rings. The van der Waals surface area contributed by atoms with Gasteiger partial charge in [-0.3, -0.25) is 4.79 Å². The largest absolute Gasteiger partial charge is 0.396 e. The van der Waals surface area contributed by atoms with E-state index in [2.05, 4.69) is 39.5 Å². The zero-order valence-electron chi connectivity index (χ0n) is 16.6. The number of rotatable bonds is 4. The van der Waals surface area contributed by atoms with Crippen molar-refractivity contribution in [2.24, 2.45) is 5.92 Å². The molecule has 2 aromatic rings. The third kappa shape index (κ3) is 3.75. The highest BCUT2D eigenvalue weighted by molar-refractivity contribution is 6.03. The number of amides is 1. The molecule has 1 amide bonds. The maximum absolute atomic E-state index is 12.5. The van der Waals surface area contributed by atoms with Gasteiger partial charge in [0.15, 0.2) is 0 Å². The molecule has 28 heavy (non-hydrogen) atoms. The van der Waals surface area contributed by atoms with Crippen LogP contribution in [0.3, 0.4) is 0 Å². The maximum atomic E-state index is 12.5. The van der Waals surface area contributed by atoms with Crippen LogP contribution in [0.1, 0.15) is 47.4 Å². The summed E-state index contributed by atoms with van der Waals surface area (Å²) in [5.74, 6) is 0.276. The van der Waals surface area contributed by atoms with Crippen LogP contribution in [0.5, 0.6) is 0 Å². The summed E-state index contributed by atoms with van der Waals surface area (Å²) in [6.45, 7) is 3.04. The number of pyridine rings is 1. The number of aliphatic hydroxyl groups is 1. The van der Waals surface area contributed by atoms with Crippen LogP contribution in [0.2, 0.25) is 0 Å². The molecule has 2 N–H and O–H groups in total. The van der Waals surface area contributed by atoms with Crippen molar-refractivity contribution in [1.82, 2.24) is 9.99 Å². The molecule has 0 spiro atoms. The molecule has 1 aromatic carbocycles. The third-order valence-electron chi connectivity index (χ3n) is 6.02. The second-order valence-corrected chi connectivity index (χ2v) is 7.94. The lowest BCUT2D eigenvalue weighted by Gasteiger charge is -2.38. The number of hydrogen-bond acceptors (Lipinski definition) is 5. The Morgan fingerprint density at radius 1 is 1.21 bits per heavy atom. The number of hydrazine groups is 1. The molecule has 0 radical (unpaired) electrons. The number of benzene rings is 1. The third-order valence-corrected chi connectivity index (χ3v) is 6.02. The fourth-order valence-electron chi connectivity index (χ4n) is 4.39. The van der Waals surface area contributed by atoms with Gasteiger partial charge in [-0.1, -0.05) is 6.07 Å². The number of carbonyl (C=O) groups excluding carboxylic acids is 1. The Labute approximate surface area is 166 Å². The predicted octanol–water partition coefficient (Wildman–Crippen LogP) is 3.36. The van der Waals surface area contributed by atoms with Crippen molar-refractivity contribution in [3.8, 4) is 0 Å². The molecule has 6 nitrogen and oxygen atoms in total. The van der Waals surface area contributed by atoms with E-state index in [0.717, 1.165) is 43.6 Å². The first-order valence-electron chi connectivity index (χ1n) is 10.0. The number of aromatic nitrogens is 1. The summed E-state index contributed by atoms with van der Waals surface area (Å²) in [4.78, 5) is 16.8. The Morgan fingerprint density at radius 2 is 2.00 bits per heavy atom. The lowest BCUT2D eigenvalue weighted by molar-refractivity contribution is 0.102. The first-order valence-corrected chi connectivity index (χ1v) is 10.0. The van der Waals surface area contributed by atoms with E-state index in [1.54, 1.807) is 6.07 Å². The quantitative estimate of drug-likeness (QED) is 0.851. The number of anilines is 2. The standard InChI is InChI=1S/C22H28N4O2/c1-15-4-3-5-20(23-15)22(28)24-18-8-11-21-17(12-18)13-26(25(21)2)19-9-6-16(14-27)7-10-19/h3-5,8,11-12,16,19,27H,6-7,9-10,13-14H2,1-2H3,(H,24,28). The fourth-order valence-corrected chi connectivity index (χ4v) is 4.39. The molecule has 0 unspecified atom stereocenters. The minimum Gasteiger partial charge on any atom is -0.396 e. The maximum Gasteiger partial charge on any atom is 0.274 e. The second-order valence-electron chi connectivity index (χ2n) is 7.94. The Hall–Kier alpha value is -2.44. The molecule has 1 aliphatic heterocycles. The van der Waals surface area contributed by atoms with E-state index in [-0.39, 0.29) is 5.91 Å². The van der Waals surface area contributed by atoms with Crippen LogP contribution in [0.15, 0.2) is 36.4 Å². The van der Waals surface area contributed by atoms with Crippen LogP contribution >= 0.6 is 0 Å². The first kappa shape index (κ1) is 18.9. The highest BCUT2D eigenvalue weighted by Crippen LogP contribution is 2.37. The molecular formula is C22H28N4O2. The molecule has 2 aliphatic rings. The SMILES string of the molecule is Cc1cccc(C(=O)Nc2ccc3c(c2)CN(C2CCC(CO)CC2)N3C)n1. The van der Waals surface area contributed by atoms with Crippen molar-refractivity contribution < 1.29 is 9.90 Å². The van der Waals surface area contributed by atoms with Gasteiger partial charge in [0.25, 0.3) is 5.91 Å². The van der Waals surface area contributed by atoms with Crippen molar-refractivity contribution in [2.45, 2.75) is 45.2 Å². The minimum absolute atomic E-state index is 0.186. The van der Waals surface area contributed by atoms with Crippen LogP contribution in [-0.2, 0) is 6.54 Å². The zero-order chi connectivity index (χ0) is 19.7. The molecule has 1 saturated carbocycles. The van der Waals surface area contributed by atoms with Gasteiger partial charge in [0, 0.05) is 37.6 Å². The summed E-state index contributed by atoms with van der Waals surface area (Å²) < 4.78 is 0. The van der Waals surface area contributed by atoms with E-state index in [9.17, 15) is 9.90 Å². The monoisotopic (exact) mass is 380 g/mol. The highest BCUT2D eigenvalue weighted by Gasteiger charge is 2.33. The molecule has 6 heteroatoms. The Morgan fingerprint density at radius 3 is 2.71 bits per heavy atom. The van der Waals surface area contributed by atoms with E-state index >= 15 is 0 Å². The van der Waals surface area contributed by atoms with Gasteiger partial charge in [0.1, 0.15) is 5.69 Å². The molecule has 0 bridgehead atoms. The fraction of sp³-hybridized carbons (Fsp3) is 0.455. The number of fused-ring (bicyclic) bond motifs is 1. The Balaban J connectivity index is 1.45. The van der Waals surface area contributed by atoms with Gasteiger partial charge in [-0.25, -0.2) is 9.99 Å². The molecule has 1 aliphatic carbocycles. The molecule has 4 rings (SSSR count). The van der Waals surface area contributed by atoms with Crippen molar-refractivity contribution in [2.75, 3.05) is 24.0 Å². The van der Waals surface area contributed by atoms with Crippen LogP contribution in [-0.4, -0.2) is 40.7 Å². The number of nitrogens with zero attached hydrogens (tertiary/aromatic N) is 3. The number of aryl methyl sites for hydroxylation is 1. The second kappa shape index (κ2) is 7.89. The van der Waals surface area contributed by atoms with E-state index in [1.807, 2.05) is 25.1 Å². The van der Waals surface area contributed by atoms with Crippen molar-refractivity contribution in [3.05, 3.63) is 53.3 Å². The van der Waals surface area contributed by atoms with Gasteiger partial charge in [-0.2, -0.15) is 0 Å². The molecule has 1 aromatic heterocycles. The van der Waals surface area contributed by atoms with E-state index in [1.165, 1.54) is 11.3 Å². The molecule has 148 valence electrons. The minimum atomic E-state index is -0.186. The Kier molecular flexibility index (Phi) is 5.33. The van der Waals surface area contributed by atoms with Crippen molar-refractivity contribution >= 4 is 17.3 Å². The molecule has 2 heterocycles. The predicted molar refractivity (Wildman–Crippen MR) is 110 cm³/mol. The average molecular weight is 380 g/mol. The Bertz CT molecular complexity index is 861. The van der Waals surface area contributed by atoms with Gasteiger partial charge in [0.05, 0.1) is 5.69 Å². The zero-order valence-corrected chi connectivity index (χ0v) is 16.6. The summed E-state index contributed by atoms with van der Waals surface area (Å²) in [6, 6.07) is 12.1. The van der Waals surface area contributed by atoms with E-state index in [4.69, 9.17) is 0 Å². The van der Waals surface area contributed by atoms with Crippen LogP contribution in [0.25, 0.3) is 0 Å². The lowest BCUT2D eigenvalue weighted by atomic mass is 9.86. The van der Waals surface area contributed by atoms with Crippen molar-refractivity contribution in [3.63, 3.8) is 0 Å². The van der Waals surface area contributed by atoms with Crippen LogP contribution in [0, 0.1) is 12.8 Å². The van der Waals surface area contributed by atoms with Gasteiger partial charge in [0.2, 0.25) is 0 Å². The topological polar surface area (TPSA) is 68.7 Å². The molecule has 0 atom stereocenters. The summed E-state index contributed by atoms with van der Waals surface area (Å²) >= 11 is 0. The number of carbonyl (C=O) groups is 1. The normalized spacial score (nSPS) is 22.2. The van der Waals surface area contributed by atoms with Gasteiger partial charge >= 0.3 is 0 Å².